The van der Waals surface area contributed by atoms with Crippen molar-refractivity contribution in [3.05, 3.63) is 29.6 Å². The van der Waals surface area contributed by atoms with Crippen LogP contribution in [0.25, 0.3) is 0 Å². The van der Waals surface area contributed by atoms with E-state index in [1.165, 1.54) is 6.07 Å². The molecule has 17 heavy (non-hydrogen) atoms. The molecule has 2 unspecified atom stereocenters. The van der Waals surface area contributed by atoms with E-state index in [1.54, 1.807) is 0 Å². The zero-order valence-electron chi connectivity index (χ0n) is 9.50. The minimum atomic E-state index is -4.33. The Hall–Kier alpha value is -1.10. The fourth-order valence-corrected chi connectivity index (χ4v) is 1.93. The Morgan fingerprint density at radius 3 is 2.65 bits per heavy atom. The molecule has 0 spiro atoms. The van der Waals surface area contributed by atoms with E-state index in [0.717, 1.165) is 25.1 Å². The molecule has 2 nitrogen and oxygen atoms in total. The highest BCUT2D eigenvalue weighted by atomic mass is 19.4. The molecule has 1 aromatic heterocycles. The summed E-state index contributed by atoms with van der Waals surface area (Å²) in [6.45, 7) is 2.76. The summed E-state index contributed by atoms with van der Waals surface area (Å²) in [5.41, 5.74) is -0.130. The van der Waals surface area contributed by atoms with E-state index in [4.69, 9.17) is 4.74 Å². The number of hydrogen-bond acceptors (Lipinski definition) is 2. The highest BCUT2D eigenvalue weighted by Gasteiger charge is 2.31. The number of halogens is 3. The number of alkyl halides is 3. The molecule has 0 aromatic carbocycles. The molecular weight excluding hydrogens is 231 g/mol. The summed E-state index contributed by atoms with van der Waals surface area (Å²) in [6, 6.07) is 2.47. The van der Waals surface area contributed by atoms with Crippen LogP contribution >= 0.6 is 0 Å². The van der Waals surface area contributed by atoms with Crippen LogP contribution in [0.4, 0.5) is 13.2 Å². The van der Waals surface area contributed by atoms with Crippen molar-refractivity contribution in [2.24, 2.45) is 5.92 Å². The maximum Gasteiger partial charge on any atom is 0.417 e. The van der Waals surface area contributed by atoms with Crippen molar-refractivity contribution in [2.45, 2.75) is 32.0 Å². The topological polar surface area (TPSA) is 22.1 Å². The van der Waals surface area contributed by atoms with Crippen molar-refractivity contribution < 1.29 is 17.9 Å². The molecule has 0 bridgehead atoms. The molecule has 2 atom stereocenters. The van der Waals surface area contributed by atoms with Crippen molar-refractivity contribution in [3.63, 3.8) is 0 Å². The predicted molar refractivity (Wildman–Crippen MR) is 56.3 cm³/mol. The lowest BCUT2D eigenvalue weighted by Crippen LogP contribution is -2.19. The summed E-state index contributed by atoms with van der Waals surface area (Å²) in [6.07, 6.45) is -1.80. The van der Waals surface area contributed by atoms with E-state index in [0.29, 0.717) is 18.2 Å². The lowest BCUT2D eigenvalue weighted by Gasteiger charge is -2.26. The molecular formula is C12H14F3NO. The van der Waals surface area contributed by atoms with E-state index >= 15 is 0 Å². The van der Waals surface area contributed by atoms with Crippen molar-refractivity contribution in [1.29, 1.82) is 0 Å². The summed E-state index contributed by atoms with van der Waals surface area (Å²) >= 11 is 0. The molecule has 1 aromatic rings. The van der Waals surface area contributed by atoms with Gasteiger partial charge in [0.05, 0.1) is 17.4 Å². The normalized spacial score (nSPS) is 25.9. The van der Waals surface area contributed by atoms with Crippen LogP contribution in [0.5, 0.6) is 0 Å². The minimum Gasteiger partial charge on any atom is -0.372 e. The lowest BCUT2D eigenvalue weighted by molar-refractivity contribution is -0.137. The second-order valence-electron chi connectivity index (χ2n) is 4.46. The van der Waals surface area contributed by atoms with Gasteiger partial charge >= 0.3 is 6.18 Å². The molecule has 2 heterocycles. The standard InChI is InChI=1S/C12H14F3NO/c1-8-4-5-17-11(6-8)10-3-2-9(7-16-10)12(13,14)15/h2-3,7-8,11H,4-6H2,1H3. The Kier molecular flexibility index (Phi) is 3.38. The van der Waals surface area contributed by atoms with Crippen LogP contribution in [-0.4, -0.2) is 11.6 Å². The van der Waals surface area contributed by atoms with Crippen LogP contribution in [0.15, 0.2) is 18.3 Å². The molecule has 0 saturated carbocycles. The van der Waals surface area contributed by atoms with Gasteiger partial charge in [-0.15, -0.1) is 0 Å². The Labute approximate surface area is 97.8 Å². The van der Waals surface area contributed by atoms with Gasteiger partial charge in [0.15, 0.2) is 0 Å². The maximum absolute atomic E-state index is 12.4. The van der Waals surface area contributed by atoms with Crippen LogP contribution in [0.3, 0.4) is 0 Å². The summed E-state index contributed by atoms with van der Waals surface area (Å²) < 4.78 is 42.6. The second-order valence-corrected chi connectivity index (χ2v) is 4.46. The van der Waals surface area contributed by atoms with Gasteiger partial charge in [-0.25, -0.2) is 0 Å². The molecule has 1 aliphatic rings. The van der Waals surface area contributed by atoms with E-state index in [2.05, 4.69) is 11.9 Å². The first-order valence-electron chi connectivity index (χ1n) is 5.61. The zero-order chi connectivity index (χ0) is 12.5. The fraction of sp³-hybridized carbons (Fsp3) is 0.583. The van der Waals surface area contributed by atoms with Crippen LogP contribution in [0, 0.1) is 5.92 Å². The highest BCUT2D eigenvalue weighted by molar-refractivity contribution is 5.18. The first-order valence-corrected chi connectivity index (χ1v) is 5.61. The quantitative estimate of drug-likeness (QED) is 0.754. The Balaban J connectivity index is 2.12. The third kappa shape index (κ3) is 2.97. The third-order valence-corrected chi connectivity index (χ3v) is 2.99. The number of hydrogen-bond donors (Lipinski definition) is 0. The Morgan fingerprint density at radius 2 is 2.12 bits per heavy atom. The van der Waals surface area contributed by atoms with Crippen molar-refractivity contribution in [3.8, 4) is 0 Å². The summed E-state index contributed by atoms with van der Waals surface area (Å²) in [4.78, 5) is 3.86. The molecule has 1 fully saturated rings. The molecule has 0 radical (unpaired) electrons. The molecule has 2 rings (SSSR count). The van der Waals surface area contributed by atoms with Gasteiger partial charge < -0.3 is 4.74 Å². The zero-order valence-corrected chi connectivity index (χ0v) is 9.50. The Morgan fingerprint density at radius 1 is 1.35 bits per heavy atom. The highest BCUT2D eigenvalue weighted by Crippen LogP contribution is 2.32. The van der Waals surface area contributed by atoms with Gasteiger partial charge in [0.2, 0.25) is 0 Å². The summed E-state index contributed by atoms with van der Waals surface area (Å²) in [5, 5.41) is 0. The second kappa shape index (κ2) is 4.64. The van der Waals surface area contributed by atoms with E-state index < -0.39 is 11.7 Å². The minimum absolute atomic E-state index is 0.166. The number of nitrogens with zero attached hydrogens (tertiary/aromatic N) is 1. The van der Waals surface area contributed by atoms with Crippen molar-refractivity contribution >= 4 is 0 Å². The molecule has 1 saturated heterocycles. The summed E-state index contributed by atoms with van der Waals surface area (Å²) in [5.74, 6) is 0.526. The summed E-state index contributed by atoms with van der Waals surface area (Å²) in [7, 11) is 0. The number of pyridine rings is 1. The van der Waals surface area contributed by atoms with Crippen LogP contribution < -0.4 is 0 Å². The number of ether oxygens (including phenoxy) is 1. The smallest absolute Gasteiger partial charge is 0.372 e. The maximum atomic E-state index is 12.4. The van der Waals surface area contributed by atoms with E-state index in [9.17, 15) is 13.2 Å². The third-order valence-electron chi connectivity index (χ3n) is 2.99. The molecule has 1 aliphatic heterocycles. The van der Waals surface area contributed by atoms with Gasteiger partial charge in [-0.05, 0) is 30.9 Å². The number of aromatic nitrogens is 1. The monoisotopic (exact) mass is 245 g/mol. The van der Waals surface area contributed by atoms with Gasteiger partial charge in [0.25, 0.3) is 0 Å². The first kappa shape index (κ1) is 12.4. The SMILES string of the molecule is CC1CCOC(c2ccc(C(F)(F)F)cn2)C1. The van der Waals surface area contributed by atoms with Crippen molar-refractivity contribution in [1.82, 2.24) is 4.98 Å². The average Bonchev–Trinajstić information content (AvgIpc) is 2.28. The van der Waals surface area contributed by atoms with Gasteiger partial charge in [-0.2, -0.15) is 13.2 Å². The predicted octanol–water partition coefficient (Wildman–Crippen LogP) is 3.59. The molecule has 0 aliphatic carbocycles. The van der Waals surface area contributed by atoms with Gasteiger partial charge in [0.1, 0.15) is 0 Å². The van der Waals surface area contributed by atoms with Gasteiger partial charge in [-0.3, -0.25) is 4.98 Å². The molecule has 0 N–H and O–H groups in total. The van der Waals surface area contributed by atoms with Gasteiger partial charge in [-0.1, -0.05) is 6.92 Å². The lowest BCUT2D eigenvalue weighted by atomic mass is 9.95. The Bertz CT molecular complexity index is 374. The first-order chi connectivity index (χ1) is 7.97. The fourth-order valence-electron chi connectivity index (χ4n) is 1.93. The van der Waals surface area contributed by atoms with Gasteiger partial charge in [0, 0.05) is 12.8 Å². The van der Waals surface area contributed by atoms with Crippen molar-refractivity contribution in [2.75, 3.05) is 6.61 Å². The molecule has 94 valence electrons. The molecule has 5 heteroatoms. The number of rotatable bonds is 1. The largest absolute Gasteiger partial charge is 0.417 e. The van der Waals surface area contributed by atoms with Crippen LogP contribution in [0.1, 0.15) is 37.1 Å². The van der Waals surface area contributed by atoms with E-state index in [1.807, 2.05) is 0 Å². The average molecular weight is 245 g/mol. The van der Waals surface area contributed by atoms with Crippen LogP contribution in [0.2, 0.25) is 0 Å². The molecule has 0 amide bonds. The van der Waals surface area contributed by atoms with E-state index in [-0.39, 0.29) is 6.10 Å². The van der Waals surface area contributed by atoms with Crippen LogP contribution in [-0.2, 0) is 10.9 Å².